The summed E-state index contributed by atoms with van der Waals surface area (Å²) >= 11 is 0. The van der Waals surface area contributed by atoms with E-state index in [-0.39, 0.29) is 6.54 Å². The molecule has 0 atom stereocenters. The number of aromatic amines is 1. The van der Waals surface area contributed by atoms with Crippen LogP contribution in [0.3, 0.4) is 0 Å². The third-order valence-corrected chi connectivity index (χ3v) is 2.80. The Bertz CT molecular complexity index is 611. The van der Waals surface area contributed by atoms with Crippen LogP contribution in [0.2, 0.25) is 0 Å². The highest BCUT2D eigenvalue weighted by molar-refractivity contribution is 5.87. The number of rotatable bonds is 5. The number of carbonyl (C=O) groups is 1. The van der Waals surface area contributed by atoms with Crippen molar-refractivity contribution < 1.29 is 18.3 Å². The predicted molar refractivity (Wildman–Crippen MR) is 69.0 cm³/mol. The van der Waals surface area contributed by atoms with Gasteiger partial charge in [0.2, 0.25) is 0 Å². The van der Waals surface area contributed by atoms with Crippen LogP contribution < -0.4 is 5.32 Å². The molecule has 0 aliphatic heterocycles. The second-order valence-corrected chi connectivity index (χ2v) is 4.23. The maximum absolute atomic E-state index is 13.4. The van der Waals surface area contributed by atoms with Gasteiger partial charge in [0.25, 0.3) is 0 Å². The van der Waals surface area contributed by atoms with Crippen molar-refractivity contribution in [1.29, 1.82) is 0 Å². The molecule has 6 heteroatoms. The second-order valence-electron chi connectivity index (χ2n) is 4.23. The number of carbonyl (C=O) groups excluding carboxylic acids is 1. The predicted octanol–water partition coefficient (Wildman–Crippen LogP) is 2.37. The summed E-state index contributed by atoms with van der Waals surface area (Å²) in [7, 11) is 1.30. The molecule has 0 aliphatic carbocycles. The molecule has 4 nitrogen and oxygen atoms in total. The maximum Gasteiger partial charge on any atom is 0.354 e. The van der Waals surface area contributed by atoms with E-state index in [0.29, 0.717) is 17.8 Å². The van der Waals surface area contributed by atoms with Gasteiger partial charge < -0.3 is 15.0 Å². The number of aromatic nitrogens is 1. The van der Waals surface area contributed by atoms with Gasteiger partial charge in [0.05, 0.1) is 7.11 Å². The molecule has 20 heavy (non-hydrogen) atoms. The standard InChI is InChI=1S/C14H14F2N2O2/c1-20-14(19)13-5-4-11(18-13)8-17-7-9-2-3-10(15)6-12(9)16/h2-6,17-18H,7-8H2,1H3. The van der Waals surface area contributed by atoms with E-state index in [1.54, 1.807) is 12.1 Å². The van der Waals surface area contributed by atoms with Crippen LogP contribution in [0.1, 0.15) is 21.7 Å². The fourth-order valence-corrected chi connectivity index (χ4v) is 1.77. The number of hydrogen-bond acceptors (Lipinski definition) is 3. The van der Waals surface area contributed by atoms with E-state index in [2.05, 4.69) is 15.0 Å². The van der Waals surface area contributed by atoms with Gasteiger partial charge in [0.15, 0.2) is 0 Å². The molecule has 0 saturated carbocycles. The zero-order chi connectivity index (χ0) is 14.5. The van der Waals surface area contributed by atoms with Crippen molar-refractivity contribution in [3.05, 3.63) is 58.9 Å². The molecule has 0 amide bonds. The first-order valence-corrected chi connectivity index (χ1v) is 6.01. The Morgan fingerprint density at radius 2 is 2.05 bits per heavy atom. The molecule has 1 heterocycles. The summed E-state index contributed by atoms with van der Waals surface area (Å²) in [5, 5.41) is 3.00. The number of ether oxygens (including phenoxy) is 1. The highest BCUT2D eigenvalue weighted by atomic mass is 19.1. The van der Waals surface area contributed by atoms with Crippen molar-refractivity contribution in [2.45, 2.75) is 13.1 Å². The molecule has 106 valence electrons. The van der Waals surface area contributed by atoms with Gasteiger partial charge in [-0.15, -0.1) is 0 Å². The van der Waals surface area contributed by atoms with Crippen molar-refractivity contribution in [3.63, 3.8) is 0 Å². The van der Waals surface area contributed by atoms with Crippen molar-refractivity contribution in [2.24, 2.45) is 0 Å². The summed E-state index contributed by atoms with van der Waals surface area (Å²) in [6.07, 6.45) is 0. The largest absolute Gasteiger partial charge is 0.464 e. The molecule has 0 radical (unpaired) electrons. The van der Waals surface area contributed by atoms with Crippen LogP contribution in [-0.2, 0) is 17.8 Å². The molecule has 0 bridgehead atoms. The summed E-state index contributed by atoms with van der Waals surface area (Å²) in [5.41, 5.74) is 1.51. The number of methoxy groups -OCH3 is 1. The molecule has 0 saturated heterocycles. The monoisotopic (exact) mass is 280 g/mol. The first kappa shape index (κ1) is 14.2. The Hall–Kier alpha value is -2.21. The quantitative estimate of drug-likeness (QED) is 0.827. The number of esters is 1. The van der Waals surface area contributed by atoms with Crippen LogP contribution in [0.15, 0.2) is 30.3 Å². The third-order valence-electron chi connectivity index (χ3n) is 2.80. The minimum absolute atomic E-state index is 0.263. The van der Waals surface area contributed by atoms with E-state index < -0.39 is 17.6 Å². The van der Waals surface area contributed by atoms with Gasteiger partial charge in [0.1, 0.15) is 17.3 Å². The van der Waals surface area contributed by atoms with Gasteiger partial charge in [-0.25, -0.2) is 13.6 Å². The molecule has 1 aromatic carbocycles. The van der Waals surface area contributed by atoms with E-state index in [1.807, 2.05) is 0 Å². The van der Waals surface area contributed by atoms with Crippen LogP contribution in [0, 0.1) is 11.6 Å². The van der Waals surface area contributed by atoms with E-state index in [9.17, 15) is 13.6 Å². The average Bonchev–Trinajstić information content (AvgIpc) is 2.89. The van der Waals surface area contributed by atoms with Crippen LogP contribution in [0.5, 0.6) is 0 Å². The van der Waals surface area contributed by atoms with Crippen LogP contribution in [0.4, 0.5) is 8.78 Å². The van der Waals surface area contributed by atoms with E-state index in [0.717, 1.165) is 11.8 Å². The number of hydrogen-bond donors (Lipinski definition) is 2. The highest BCUT2D eigenvalue weighted by Crippen LogP contribution is 2.09. The zero-order valence-corrected chi connectivity index (χ0v) is 10.9. The summed E-state index contributed by atoms with van der Waals surface area (Å²) in [5.74, 6) is -1.63. The fraction of sp³-hybridized carbons (Fsp3) is 0.214. The lowest BCUT2D eigenvalue weighted by molar-refractivity contribution is 0.0594. The topological polar surface area (TPSA) is 54.1 Å². The van der Waals surface area contributed by atoms with E-state index >= 15 is 0 Å². The second kappa shape index (κ2) is 6.29. The van der Waals surface area contributed by atoms with Crippen LogP contribution in [0.25, 0.3) is 0 Å². The third kappa shape index (κ3) is 3.42. The number of H-pyrrole nitrogens is 1. The first-order chi connectivity index (χ1) is 9.60. The number of halogens is 2. The SMILES string of the molecule is COC(=O)c1ccc(CNCc2ccc(F)cc2F)[nH]1. The summed E-state index contributed by atoms with van der Waals surface area (Å²) in [6.45, 7) is 0.687. The summed E-state index contributed by atoms with van der Waals surface area (Å²) < 4.78 is 30.7. The molecule has 0 spiro atoms. The number of nitrogens with one attached hydrogen (secondary N) is 2. The van der Waals surface area contributed by atoms with Gasteiger partial charge in [-0.1, -0.05) is 6.07 Å². The van der Waals surface area contributed by atoms with Gasteiger partial charge >= 0.3 is 5.97 Å². The van der Waals surface area contributed by atoms with Crippen LogP contribution >= 0.6 is 0 Å². The van der Waals surface area contributed by atoms with Gasteiger partial charge in [-0.3, -0.25) is 0 Å². The Labute approximate surface area is 114 Å². The smallest absolute Gasteiger partial charge is 0.354 e. The Kier molecular flexibility index (Phi) is 4.47. The molecule has 0 aliphatic rings. The van der Waals surface area contributed by atoms with Crippen molar-refractivity contribution in [2.75, 3.05) is 7.11 Å². The lowest BCUT2D eigenvalue weighted by atomic mass is 10.2. The summed E-state index contributed by atoms with van der Waals surface area (Å²) in [6, 6.07) is 6.80. The fourth-order valence-electron chi connectivity index (χ4n) is 1.77. The molecule has 0 unspecified atom stereocenters. The molecule has 0 fully saturated rings. The minimum atomic E-state index is -0.599. The molecular weight excluding hydrogens is 266 g/mol. The lowest BCUT2D eigenvalue weighted by Crippen LogP contribution is -2.14. The van der Waals surface area contributed by atoms with Crippen molar-refractivity contribution in [3.8, 4) is 0 Å². The zero-order valence-electron chi connectivity index (χ0n) is 10.9. The first-order valence-electron chi connectivity index (χ1n) is 6.01. The lowest BCUT2D eigenvalue weighted by Gasteiger charge is -2.05. The minimum Gasteiger partial charge on any atom is -0.464 e. The van der Waals surface area contributed by atoms with Gasteiger partial charge in [-0.2, -0.15) is 0 Å². The Morgan fingerprint density at radius 1 is 1.25 bits per heavy atom. The van der Waals surface area contributed by atoms with E-state index in [4.69, 9.17) is 0 Å². The van der Waals surface area contributed by atoms with Gasteiger partial charge in [0, 0.05) is 30.4 Å². The van der Waals surface area contributed by atoms with Crippen molar-refractivity contribution in [1.82, 2.24) is 10.3 Å². The van der Waals surface area contributed by atoms with Crippen LogP contribution in [-0.4, -0.2) is 18.1 Å². The molecule has 2 N–H and O–H groups in total. The van der Waals surface area contributed by atoms with Gasteiger partial charge in [-0.05, 0) is 18.2 Å². The average molecular weight is 280 g/mol. The molecule has 2 aromatic rings. The van der Waals surface area contributed by atoms with E-state index in [1.165, 1.54) is 19.2 Å². The number of benzene rings is 1. The molecule has 1 aromatic heterocycles. The Morgan fingerprint density at radius 3 is 2.75 bits per heavy atom. The molecule has 2 rings (SSSR count). The Balaban J connectivity index is 1.89. The van der Waals surface area contributed by atoms with Crippen molar-refractivity contribution >= 4 is 5.97 Å². The highest BCUT2D eigenvalue weighted by Gasteiger charge is 2.08. The summed E-state index contributed by atoms with van der Waals surface area (Å²) in [4.78, 5) is 14.1. The maximum atomic E-state index is 13.4. The normalized spacial score (nSPS) is 10.6. The molecular formula is C14H14F2N2O2.